The Kier molecular flexibility index (Phi) is 3.01. The minimum absolute atomic E-state index is 0.139. The highest BCUT2D eigenvalue weighted by molar-refractivity contribution is 6.32. The van der Waals surface area contributed by atoms with Crippen LogP contribution in [0.2, 0.25) is 0 Å². The Bertz CT molecular complexity index is 831. The number of amides is 1. The summed E-state index contributed by atoms with van der Waals surface area (Å²) < 4.78 is 0. The highest BCUT2D eigenvalue weighted by Crippen LogP contribution is 2.50. The minimum atomic E-state index is -0.895. The van der Waals surface area contributed by atoms with Crippen molar-refractivity contribution in [1.29, 1.82) is 0 Å². The van der Waals surface area contributed by atoms with Crippen molar-refractivity contribution in [3.8, 4) is 11.1 Å². The van der Waals surface area contributed by atoms with Gasteiger partial charge in [0.25, 0.3) is 5.91 Å². The van der Waals surface area contributed by atoms with Crippen molar-refractivity contribution in [2.45, 2.75) is 18.4 Å². The lowest BCUT2D eigenvalue weighted by atomic mass is 9.83. The standard InChI is InChI=1S/C17H15BN4O/c18-14-7-11(8-20-9-14)10-2-1-3-13(6-10)17(12-4-5-12)15(23)21-16(19)22-17/h1-3,6-9,12H,4-5H2,(H3,19,21,22,23). The smallest absolute Gasteiger partial charge is 0.259 e. The van der Waals surface area contributed by atoms with E-state index in [0.29, 0.717) is 5.46 Å². The van der Waals surface area contributed by atoms with Gasteiger partial charge in [-0.3, -0.25) is 15.1 Å². The fourth-order valence-electron chi connectivity index (χ4n) is 3.24. The molecule has 1 aromatic carbocycles. The fraction of sp³-hybridized carbons (Fsp3) is 0.235. The molecule has 0 spiro atoms. The zero-order chi connectivity index (χ0) is 16.0. The number of nitrogens with one attached hydrogen (secondary N) is 1. The van der Waals surface area contributed by atoms with E-state index in [1.165, 1.54) is 0 Å². The summed E-state index contributed by atoms with van der Waals surface area (Å²) in [5.74, 6) is 0.260. The van der Waals surface area contributed by atoms with Crippen molar-refractivity contribution >= 4 is 25.2 Å². The number of hydrogen-bond donors (Lipinski definition) is 2. The molecule has 4 rings (SSSR count). The van der Waals surface area contributed by atoms with Crippen LogP contribution in [0.5, 0.6) is 0 Å². The molecule has 2 radical (unpaired) electrons. The summed E-state index contributed by atoms with van der Waals surface area (Å²) in [5, 5.41) is 2.65. The lowest BCUT2D eigenvalue weighted by Gasteiger charge is -2.24. The van der Waals surface area contributed by atoms with Gasteiger partial charge in [-0.15, -0.1) is 0 Å². The van der Waals surface area contributed by atoms with Gasteiger partial charge in [0.15, 0.2) is 11.5 Å². The first-order valence-electron chi connectivity index (χ1n) is 7.58. The number of carbonyl (C=O) groups excluding carboxylic acids is 1. The van der Waals surface area contributed by atoms with Crippen LogP contribution in [0.25, 0.3) is 11.1 Å². The van der Waals surface area contributed by atoms with E-state index in [0.717, 1.165) is 29.5 Å². The van der Waals surface area contributed by atoms with Crippen molar-refractivity contribution in [3.63, 3.8) is 0 Å². The van der Waals surface area contributed by atoms with Crippen molar-refractivity contribution in [1.82, 2.24) is 10.3 Å². The van der Waals surface area contributed by atoms with Crippen LogP contribution in [0.3, 0.4) is 0 Å². The van der Waals surface area contributed by atoms with Crippen LogP contribution >= 0.6 is 0 Å². The maximum atomic E-state index is 12.6. The number of nitrogens with zero attached hydrogens (tertiary/aromatic N) is 2. The highest BCUT2D eigenvalue weighted by Gasteiger charge is 2.55. The number of aromatic nitrogens is 1. The van der Waals surface area contributed by atoms with Crippen molar-refractivity contribution in [2.24, 2.45) is 16.6 Å². The molecule has 1 fully saturated rings. The van der Waals surface area contributed by atoms with Crippen LogP contribution in [-0.4, -0.2) is 24.7 Å². The number of rotatable bonds is 3. The molecule has 2 heterocycles. The van der Waals surface area contributed by atoms with E-state index < -0.39 is 5.54 Å². The van der Waals surface area contributed by atoms with Gasteiger partial charge in [-0.1, -0.05) is 29.7 Å². The van der Waals surface area contributed by atoms with Gasteiger partial charge < -0.3 is 5.73 Å². The fourth-order valence-corrected chi connectivity index (χ4v) is 3.24. The molecule has 1 aromatic heterocycles. The van der Waals surface area contributed by atoms with Crippen molar-refractivity contribution in [2.75, 3.05) is 0 Å². The Balaban J connectivity index is 1.83. The third-order valence-electron chi connectivity index (χ3n) is 4.45. The quantitative estimate of drug-likeness (QED) is 0.814. The monoisotopic (exact) mass is 302 g/mol. The molecule has 1 atom stereocenters. The molecule has 2 aromatic rings. The summed E-state index contributed by atoms with van der Waals surface area (Å²) in [7, 11) is 5.82. The zero-order valence-electron chi connectivity index (χ0n) is 12.5. The summed E-state index contributed by atoms with van der Waals surface area (Å²) in [6, 6.07) is 9.68. The summed E-state index contributed by atoms with van der Waals surface area (Å²) in [4.78, 5) is 21.2. The lowest BCUT2D eigenvalue weighted by molar-refractivity contribution is -0.124. The summed E-state index contributed by atoms with van der Waals surface area (Å²) >= 11 is 0. The number of guanidine groups is 1. The first-order valence-corrected chi connectivity index (χ1v) is 7.58. The predicted octanol–water partition coefficient (Wildman–Crippen LogP) is 0.592. The van der Waals surface area contributed by atoms with Crippen molar-refractivity contribution in [3.05, 3.63) is 48.3 Å². The number of aliphatic imine (C=N–C) groups is 1. The third kappa shape index (κ3) is 2.22. The van der Waals surface area contributed by atoms with Gasteiger partial charge in [-0.2, -0.15) is 0 Å². The van der Waals surface area contributed by atoms with Gasteiger partial charge in [0.05, 0.1) is 0 Å². The molecule has 0 bridgehead atoms. The van der Waals surface area contributed by atoms with Crippen LogP contribution < -0.4 is 16.5 Å². The van der Waals surface area contributed by atoms with Crippen LogP contribution in [0, 0.1) is 5.92 Å². The molecular formula is C17H15BN4O. The second-order valence-electron chi connectivity index (χ2n) is 6.08. The summed E-state index contributed by atoms with van der Waals surface area (Å²) in [6.07, 6.45) is 5.32. The molecule has 23 heavy (non-hydrogen) atoms. The number of hydrogen-bond acceptors (Lipinski definition) is 4. The first kappa shape index (κ1) is 14.0. The normalized spacial score (nSPS) is 23.5. The average molecular weight is 302 g/mol. The van der Waals surface area contributed by atoms with Crippen LogP contribution in [0.15, 0.2) is 47.7 Å². The van der Waals surface area contributed by atoms with Crippen LogP contribution in [0.4, 0.5) is 0 Å². The molecule has 0 saturated heterocycles. The second-order valence-corrected chi connectivity index (χ2v) is 6.08. The number of nitrogens with two attached hydrogens (primary N) is 1. The van der Waals surface area contributed by atoms with E-state index in [1.807, 2.05) is 30.3 Å². The minimum Gasteiger partial charge on any atom is -0.370 e. The molecule has 1 unspecified atom stereocenters. The topological polar surface area (TPSA) is 80.4 Å². The summed E-state index contributed by atoms with van der Waals surface area (Å²) in [5.41, 5.74) is 8.20. The predicted molar refractivity (Wildman–Crippen MR) is 89.2 cm³/mol. The molecule has 1 aliphatic heterocycles. The average Bonchev–Trinajstić information content (AvgIpc) is 3.33. The van der Waals surface area contributed by atoms with Gasteiger partial charge in [-0.25, -0.2) is 4.99 Å². The number of benzene rings is 1. The Hall–Kier alpha value is -2.63. The van der Waals surface area contributed by atoms with E-state index in [-0.39, 0.29) is 17.8 Å². The number of carbonyl (C=O) groups is 1. The Labute approximate surface area is 135 Å². The third-order valence-corrected chi connectivity index (χ3v) is 4.45. The van der Waals surface area contributed by atoms with Crippen molar-refractivity contribution < 1.29 is 4.79 Å². The van der Waals surface area contributed by atoms with Gasteiger partial charge in [-0.05, 0) is 41.5 Å². The van der Waals surface area contributed by atoms with Gasteiger partial charge >= 0.3 is 0 Å². The Morgan fingerprint density at radius 1 is 1.22 bits per heavy atom. The molecule has 2 aliphatic rings. The molecule has 1 saturated carbocycles. The molecule has 1 aliphatic carbocycles. The highest BCUT2D eigenvalue weighted by atomic mass is 16.2. The van der Waals surface area contributed by atoms with Crippen LogP contribution in [-0.2, 0) is 10.3 Å². The molecular weight excluding hydrogens is 287 g/mol. The molecule has 5 nitrogen and oxygen atoms in total. The van der Waals surface area contributed by atoms with E-state index in [1.54, 1.807) is 12.4 Å². The van der Waals surface area contributed by atoms with E-state index in [4.69, 9.17) is 13.6 Å². The zero-order valence-corrected chi connectivity index (χ0v) is 12.5. The van der Waals surface area contributed by atoms with E-state index in [9.17, 15) is 4.79 Å². The second kappa shape index (κ2) is 4.94. The molecule has 6 heteroatoms. The first-order chi connectivity index (χ1) is 11.1. The maximum absolute atomic E-state index is 12.6. The number of pyridine rings is 1. The van der Waals surface area contributed by atoms with Crippen LogP contribution in [0.1, 0.15) is 18.4 Å². The van der Waals surface area contributed by atoms with E-state index >= 15 is 0 Å². The lowest BCUT2D eigenvalue weighted by Crippen LogP contribution is -2.40. The van der Waals surface area contributed by atoms with Gasteiger partial charge in [0.2, 0.25) is 0 Å². The molecule has 3 N–H and O–H groups in total. The van der Waals surface area contributed by atoms with Gasteiger partial charge in [0.1, 0.15) is 7.85 Å². The molecule has 112 valence electrons. The SMILES string of the molecule is [B]c1cncc(-c2cccc(C3(C4CC4)N=C(N)NC3=O)c2)c1. The maximum Gasteiger partial charge on any atom is 0.259 e. The largest absolute Gasteiger partial charge is 0.370 e. The van der Waals surface area contributed by atoms with E-state index in [2.05, 4.69) is 15.3 Å². The van der Waals surface area contributed by atoms with Gasteiger partial charge in [0, 0.05) is 12.4 Å². The Morgan fingerprint density at radius 3 is 2.70 bits per heavy atom. The Morgan fingerprint density at radius 2 is 2.04 bits per heavy atom. The molecule has 1 amide bonds. The summed E-state index contributed by atoms with van der Waals surface area (Å²) in [6.45, 7) is 0.